The molecule has 96 valence electrons. The summed E-state index contributed by atoms with van der Waals surface area (Å²) in [6, 6.07) is 0. The van der Waals surface area contributed by atoms with Gasteiger partial charge in [0.2, 0.25) is 0 Å². The normalized spacial score (nSPS) is 29.8. The van der Waals surface area contributed by atoms with E-state index in [4.69, 9.17) is 5.73 Å². The molecule has 1 rings (SSSR count). The average Bonchev–Trinajstić information content (AvgIpc) is 2.27. The molecule has 0 amide bonds. The van der Waals surface area contributed by atoms with Crippen LogP contribution in [0.2, 0.25) is 0 Å². The van der Waals surface area contributed by atoms with Crippen LogP contribution in [0.4, 0.5) is 0 Å². The van der Waals surface area contributed by atoms with Gasteiger partial charge in [0.15, 0.2) is 0 Å². The molecule has 1 saturated carbocycles. The summed E-state index contributed by atoms with van der Waals surface area (Å²) in [7, 11) is 0. The third kappa shape index (κ3) is 2.78. The Kier molecular flexibility index (Phi) is 5.26. The van der Waals surface area contributed by atoms with Crippen molar-refractivity contribution < 1.29 is 0 Å². The first kappa shape index (κ1) is 14.0. The fraction of sp³-hybridized carbons (Fsp3) is 1.00. The van der Waals surface area contributed by atoms with Crippen molar-refractivity contribution in [3.05, 3.63) is 0 Å². The minimum absolute atomic E-state index is 0.344. The Labute approximate surface area is 102 Å². The summed E-state index contributed by atoms with van der Waals surface area (Å²) < 4.78 is 0. The zero-order valence-corrected chi connectivity index (χ0v) is 11.6. The molecule has 0 bridgehead atoms. The first-order valence-electron chi connectivity index (χ1n) is 7.06. The van der Waals surface area contributed by atoms with Gasteiger partial charge in [0, 0.05) is 18.6 Å². The largest absolute Gasteiger partial charge is 0.329 e. The molecular weight excluding hydrogens is 196 g/mol. The lowest BCUT2D eigenvalue weighted by atomic mass is 9.67. The number of rotatable bonds is 7. The Morgan fingerprint density at radius 1 is 1.25 bits per heavy atom. The molecule has 1 fully saturated rings. The molecule has 0 spiro atoms. The van der Waals surface area contributed by atoms with E-state index in [0.717, 1.165) is 24.9 Å². The third-order valence-electron chi connectivity index (χ3n) is 4.52. The molecule has 2 nitrogen and oxygen atoms in total. The Balaban J connectivity index is 2.58. The van der Waals surface area contributed by atoms with Crippen molar-refractivity contribution in [2.24, 2.45) is 17.6 Å². The van der Waals surface area contributed by atoms with Gasteiger partial charge in [-0.3, -0.25) is 4.90 Å². The van der Waals surface area contributed by atoms with Crippen molar-refractivity contribution in [1.29, 1.82) is 0 Å². The molecule has 0 radical (unpaired) electrons. The summed E-state index contributed by atoms with van der Waals surface area (Å²) >= 11 is 0. The van der Waals surface area contributed by atoms with Crippen molar-refractivity contribution in [1.82, 2.24) is 4.90 Å². The van der Waals surface area contributed by atoms with Gasteiger partial charge in [-0.2, -0.15) is 0 Å². The predicted molar refractivity (Wildman–Crippen MR) is 71.5 cm³/mol. The molecule has 2 N–H and O–H groups in total. The van der Waals surface area contributed by atoms with Crippen molar-refractivity contribution in [2.75, 3.05) is 19.6 Å². The average molecular weight is 226 g/mol. The molecule has 0 aliphatic heterocycles. The Morgan fingerprint density at radius 3 is 2.12 bits per heavy atom. The first-order valence-corrected chi connectivity index (χ1v) is 7.06. The fourth-order valence-electron chi connectivity index (χ4n) is 3.31. The van der Waals surface area contributed by atoms with Gasteiger partial charge in [0.05, 0.1) is 0 Å². The Morgan fingerprint density at radius 2 is 1.81 bits per heavy atom. The van der Waals surface area contributed by atoms with Crippen LogP contribution in [0.25, 0.3) is 0 Å². The maximum atomic E-state index is 6.02. The van der Waals surface area contributed by atoms with Gasteiger partial charge < -0.3 is 5.73 Å². The van der Waals surface area contributed by atoms with Crippen LogP contribution < -0.4 is 5.73 Å². The third-order valence-corrected chi connectivity index (χ3v) is 4.52. The summed E-state index contributed by atoms with van der Waals surface area (Å²) in [5.41, 5.74) is 6.37. The van der Waals surface area contributed by atoms with Crippen LogP contribution in [-0.2, 0) is 0 Å². The van der Waals surface area contributed by atoms with Crippen molar-refractivity contribution >= 4 is 0 Å². The zero-order chi connectivity index (χ0) is 12.2. The van der Waals surface area contributed by atoms with Crippen molar-refractivity contribution in [2.45, 2.75) is 58.9 Å². The Bertz CT molecular complexity index is 193. The molecule has 0 aromatic heterocycles. The Hall–Kier alpha value is -0.0800. The number of nitrogens with two attached hydrogens (primary N) is 1. The van der Waals surface area contributed by atoms with E-state index >= 15 is 0 Å². The second-order valence-electron chi connectivity index (χ2n) is 5.66. The van der Waals surface area contributed by atoms with Crippen LogP contribution in [0.3, 0.4) is 0 Å². The highest BCUT2D eigenvalue weighted by molar-refractivity contribution is 5.02. The van der Waals surface area contributed by atoms with E-state index in [1.54, 1.807) is 0 Å². The second kappa shape index (κ2) is 6.02. The van der Waals surface area contributed by atoms with Crippen LogP contribution in [0.5, 0.6) is 0 Å². The zero-order valence-electron chi connectivity index (χ0n) is 11.6. The van der Waals surface area contributed by atoms with Crippen LogP contribution >= 0.6 is 0 Å². The molecular formula is C14H30N2. The summed E-state index contributed by atoms with van der Waals surface area (Å²) in [5.74, 6) is 1.72. The van der Waals surface area contributed by atoms with Crippen LogP contribution in [0, 0.1) is 11.8 Å². The van der Waals surface area contributed by atoms with Gasteiger partial charge in [0.1, 0.15) is 0 Å². The van der Waals surface area contributed by atoms with Gasteiger partial charge in [0.25, 0.3) is 0 Å². The number of hydrogen-bond acceptors (Lipinski definition) is 2. The fourth-order valence-corrected chi connectivity index (χ4v) is 3.31. The second-order valence-corrected chi connectivity index (χ2v) is 5.66. The topological polar surface area (TPSA) is 29.3 Å². The van der Waals surface area contributed by atoms with Gasteiger partial charge in [-0.05, 0) is 31.2 Å². The van der Waals surface area contributed by atoms with E-state index < -0.39 is 0 Å². The maximum Gasteiger partial charge on any atom is 0.0336 e. The van der Waals surface area contributed by atoms with Crippen molar-refractivity contribution in [3.63, 3.8) is 0 Å². The molecule has 0 aromatic carbocycles. The van der Waals surface area contributed by atoms with E-state index in [1.807, 2.05) is 0 Å². The number of likely N-dealkylation sites (N-methyl/N-ethyl adjacent to an activating group) is 1. The summed E-state index contributed by atoms with van der Waals surface area (Å²) in [4.78, 5) is 2.66. The minimum atomic E-state index is 0.344. The quantitative estimate of drug-likeness (QED) is 0.723. The van der Waals surface area contributed by atoms with Gasteiger partial charge in [-0.15, -0.1) is 0 Å². The standard InChI is InChI=1S/C14H30N2/c1-5-13(6-2)10-16(7-3)14(11-15)8-12(4)9-14/h12-13H,5-11,15H2,1-4H3. The molecule has 0 atom stereocenters. The van der Waals surface area contributed by atoms with E-state index in [-0.39, 0.29) is 0 Å². The molecule has 0 aromatic rings. The first-order chi connectivity index (χ1) is 7.61. The van der Waals surface area contributed by atoms with Gasteiger partial charge >= 0.3 is 0 Å². The monoisotopic (exact) mass is 226 g/mol. The van der Waals surface area contributed by atoms with E-state index in [9.17, 15) is 0 Å². The highest BCUT2D eigenvalue weighted by Crippen LogP contribution is 2.42. The SMILES string of the molecule is CCC(CC)CN(CC)C1(CN)CC(C)C1. The maximum absolute atomic E-state index is 6.02. The molecule has 0 heterocycles. The van der Waals surface area contributed by atoms with Crippen molar-refractivity contribution in [3.8, 4) is 0 Å². The van der Waals surface area contributed by atoms with Crippen LogP contribution in [-0.4, -0.2) is 30.1 Å². The highest BCUT2D eigenvalue weighted by atomic mass is 15.2. The lowest BCUT2D eigenvalue weighted by Gasteiger charge is -2.54. The molecule has 2 heteroatoms. The van der Waals surface area contributed by atoms with E-state index in [0.29, 0.717) is 5.54 Å². The molecule has 1 aliphatic rings. The smallest absolute Gasteiger partial charge is 0.0336 e. The van der Waals surface area contributed by atoms with Gasteiger partial charge in [-0.25, -0.2) is 0 Å². The highest BCUT2D eigenvalue weighted by Gasteiger charge is 2.45. The van der Waals surface area contributed by atoms with E-state index in [2.05, 4.69) is 32.6 Å². The summed E-state index contributed by atoms with van der Waals surface area (Å²) in [6.45, 7) is 12.5. The van der Waals surface area contributed by atoms with E-state index in [1.165, 1.54) is 32.2 Å². The summed E-state index contributed by atoms with van der Waals surface area (Å²) in [5, 5.41) is 0. The number of hydrogen-bond donors (Lipinski definition) is 1. The molecule has 0 unspecified atom stereocenters. The summed E-state index contributed by atoms with van der Waals surface area (Å²) in [6.07, 6.45) is 5.20. The lowest BCUT2D eigenvalue weighted by Crippen LogP contribution is -2.62. The predicted octanol–water partition coefficient (Wildman–Crippen LogP) is 2.87. The lowest BCUT2D eigenvalue weighted by molar-refractivity contribution is -0.0194. The van der Waals surface area contributed by atoms with Crippen LogP contribution in [0.15, 0.2) is 0 Å². The van der Waals surface area contributed by atoms with Crippen LogP contribution in [0.1, 0.15) is 53.4 Å². The molecule has 1 aliphatic carbocycles. The minimum Gasteiger partial charge on any atom is -0.329 e. The number of nitrogens with zero attached hydrogens (tertiary/aromatic N) is 1. The molecule has 16 heavy (non-hydrogen) atoms. The molecule has 0 saturated heterocycles. The van der Waals surface area contributed by atoms with Gasteiger partial charge in [-0.1, -0.05) is 40.5 Å².